The zero-order valence-electron chi connectivity index (χ0n) is 9.78. The van der Waals surface area contributed by atoms with E-state index in [1.165, 1.54) is 11.6 Å². The van der Waals surface area contributed by atoms with Gasteiger partial charge in [0.15, 0.2) is 0 Å². The molecular weight excluding hydrogens is 212 g/mol. The minimum absolute atomic E-state index is 0.288. The second-order valence-electron chi connectivity index (χ2n) is 4.36. The molecular formula is C15H12O2. The Bertz CT molecular complexity index is 782. The van der Waals surface area contributed by atoms with E-state index in [-0.39, 0.29) is 5.63 Å². The van der Waals surface area contributed by atoms with Crippen LogP contribution in [0.25, 0.3) is 21.7 Å². The van der Waals surface area contributed by atoms with Gasteiger partial charge >= 0.3 is 5.63 Å². The normalized spacial score (nSPS) is 11.2. The number of fused-ring (bicyclic) bond motifs is 3. The maximum atomic E-state index is 11.5. The van der Waals surface area contributed by atoms with Gasteiger partial charge in [-0.1, -0.05) is 24.3 Å². The van der Waals surface area contributed by atoms with Crippen LogP contribution in [0.5, 0.6) is 0 Å². The van der Waals surface area contributed by atoms with Crippen molar-refractivity contribution in [2.75, 3.05) is 0 Å². The van der Waals surface area contributed by atoms with E-state index in [1.807, 2.05) is 31.2 Å². The minimum atomic E-state index is -0.288. The molecule has 1 aromatic heterocycles. The Morgan fingerprint density at radius 1 is 0.882 bits per heavy atom. The molecule has 0 unspecified atom stereocenters. The van der Waals surface area contributed by atoms with Gasteiger partial charge in [-0.3, -0.25) is 0 Å². The van der Waals surface area contributed by atoms with E-state index in [9.17, 15) is 4.79 Å². The average molecular weight is 224 g/mol. The summed E-state index contributed by atoms with van der Waals surface area (Å²) in [7, 11) is 0. The molecule has 0 spiro atoms. The Morgan fingerprint density at radius 2 is 1.53 bits per heavy atom. The average Bonchev–Trinajstić information content (AvgIpc) is 2.31. The van der Waals surface area contributed by atoms with Crippen LogP contribution in [0.3, 0.4) is 0 Å². The van der Waals surface area contributed by atoms with E-state index in [4.69, 9.17) is 4.42 Å². The molecule has 2 nitrogen and oxygen atoms in total. The predicted molar refractivity (Wildman–Crippen MR) is 69.5 cm³/mol. The quantitative estimate of drug-likeness (QED) is 0.431. The Balaban J connectivity index is 2.68. The second-order valence-corrected chi connectivity index (χ2v) is 4.36. The van der Waals surface area contributed by atoms with Crippen molar-refractivity contribution in [3.63, 3.8) is 0 Å². The number of aryl methyl sites for hydroxylation is 2. The van der Waals surface area contributed by atoms with Gasteiger partial charge in [-0.05, 0) is 36.4 Å². The topological polar surface area (TPSA) is 30.2 Å². The lowest BCUT2D eigenvalue weighted by atomic mass is 10.00. The van der Waals surface area contributed by atoms with Gasteiger partial charge in [-0.25, -0.2) is 4.79 Å². The fourth-order valence-electron chi connectivity index (χ4n) is 2.32. The summed E-state index contributed by atoms with van der Waals surface area (Å²) in [5.74, 6) is 0. The summed E-state index contributed by atoms with van der Waals surface area (Å²) in [4.78, 5) is 11.5. The highest BCUT2D eigenvalue weighted by atomic mass is 16.4. The predicted octanol–water partition coefficient (Wildman–Crippen LogP) is 3.56. The van der Waals surface area contributed by atoms with Gasteiger partial charge in [0.1, 0.15) is 5.58 Å². The van der Waals surface area contributed by atoms with E-state index >= 15 is 0 Å². The number of hydrogen-bond acceptors (Lipinski definition) is 2. The third-order valence-corrected chi connectivity index (χ3v) is 3.16. The molecule has 84 valence electrons. The maximum Gasteiger partial charge on any atom is 0.336 e. The van der Waals surface area contributed by atoms with Crippen LogP contribution in [0.4, 0.5) is 0 Å². The molecule has 0 bridgehead atoms. The molecule has 3 rings (SSSR count). The zero-order chi connectivity index (χ0) is 12.0. The highest BCUT2D eigenvalue weighted by molar-refractivity contribution is 6.06. The first-order valence-electron chi connectivity index (χ1n) is 5.59. The molecule has 0 aliphatic rings. The van der Waals surface area contributed by atoms with Crippen LogP contribution in [0, 0.1) is 13.8 Å². The maximum absolute atomic E-state index is 11.5. The van der Waals surface area contributed by atoms with E-state index < -0.39 is 0 Å². The summed E-state index contributed by atoms with van der Waals surface area (Å²) < 4.78 is 5.36. The standard InChI is InChI=1S/C15H12O2/c1-9-7-13-10(2)8-14(16)17-15(13)12-6-4-3-5-11(9)12/h3-8H,1-2H3. The monoisotopic (exact) mass is 224 g/mol. The van der Waals surface area contributed by atoms with Crippen LogP contribution in [0.2, 0.25) is 0 Å². The third kappa shape index (κ3) is 1.45. The van der Waals surface area contributed by atoms with E-state index in [2.05, 4.69) is 13.0 Å². The van der Waals surface area contributed by atoms with Crippen molar-refractivity contribution in [2.45, 2.75) is 13.8 Å². The Labute approximate surface area is 98.5 Å². The third-order valence-electron chi connectivity index (χ3n) is 3.16. The van der Waals surface area contributed by atoms with Gasteiger partial charge in [0.2, 0.25) is 0 Å². The highest BCUT2D eigenvalue weighted by Gasteiger charge is 2.08. The molecule has 1 heterocycles. The minimum Gasteiger partial charge on any atom is -0.422 e. The van der Waals surface area contributed by atoms with Gasteiger partial charge in [-0.2, -0.15) is 0 Å². The first-order valence-corrected chi connectivity index (χ1v) is 5.59. The number of hydrogen-bond donors (Lipinski definition) is 0. The van der Waals surface area contributed by atoms with Crippen molar-refractivity contribution in [1.29, 1.82) is 0 Å². The van der Waals surface area contributed by atoms with Gasteiger partial charge in [-0.15, -0.1) is 0 Å². The summed E-state index contributed by atoms with van der Waals surface area (Å²) in [5.41, 5.74) is 2.57. The summed E-state index contributed by atoms with van der Waals surface area (Å²) in [6, 6.07) is 11.6. The van der Waals surface area contributed by atoms with Crippen molar-refractivity contribution < 1.29 is 4.42 Å². The van der Waals surface area contributed by atoms with Gasteiger partial charge in [0.25, 0.3) is 0 Å². The molecule has 2 heteroatoms. The summed E-state index contributed by atoms with van der Waals surface area (Å²) in [5, 5.41) is 3.15. The van der Waals surface area contributed by atoms with Gasteiger partial charge < -0.3 is 4.42 Å². The summed E-state index contributed by atoms with van der Waals surface area (Å²) in [6.07, 6.45) is 0. The second kappa shape index (κ2) is 3.45. The molecule has 0 aliphatic heterocycles. The smallest absolute Gasteiger partial charge is 0.336 e. The molecule has 3 aromatic rings. The lowest BCUT2D eigenvalue weighted by Crippen LogP contribution is -1.98. The molecule has 0 saturated heterocycles. The van der Waals surface area contributed by atoms with Crippen molar-refractivity contribution in [2.24, 2.45) is 0 Å². The first kappa shape index (κ1) is 10.1. The Morgan fingerprint density at radius 3 is 2.29 bits per heavy atom. The SMILES string of the molecule is Cc1cc2c(C)cc(=O)oc2c2ccccc12. The number of benzene rings is 2. The molecule has 0 fully saturated rings. The molecule has 0 aliphatic carbocycles. The van der Waals surface area contributed by atoms with Crippen molar-refractivity contribution >= 4 is 21.7 Å². The van der Waals surface area contributed by atoms with Crippen LogP contribution >= 0.6 is 0 Å². The lowest BCUT2D eigenvalue weighted by Gasteiger charge is -2.07. The van der Waals surface area contributed by atoms with Crippen LogP contribution in [0.15, 0.2) is 45.6 Å². The van der Waals surface area contributed by atoms with E-state index in [0.717, 1.165) is 21.7 Å². The van der Waals surface area contributed by atoms with Crippen molar-refractivity contribution in [3.05, 3.63) is 57.9 Å². The van der Waals surface area contributed by atoms with Crippen molar-refractivity contribution in [3.8, 4) is 0 Å². The van der Waals surface area contributed by atoms with Gasteiger partial charge in [0, 0.05) is 16.8 Å². The molecule has 2 aromatic carbocycles. The fourth-order valence-corrected chi connectivity index (χ4v) is 2.32. The Hall–Kier alpha value is -2.09. The molecule has 0 amide bonds. The van der Waals surface area contributed by atoms with E-state index in [1.54, 1.807) is 0 Å². The highest BCUT2D eigenvalue weighted by Crippen LogP contribution is 2.28. The van der Waals surface area contributed by atoms with Crippen molar-refractivity contribution in [1.82, 2.24) is 0 Å². The summed E-state index contributed by atoms with van der Waals surface area (Å²) >= 11 is 0. The van der Waals surface area contributed by atoms with Crippen LogP contribution in [0.1, 0.15) is 11.1 Å². The Kier molecular flexibility index (Phi) is 2.05. The lowest BCUT2D eigenvalue weighted by molar-refractivity contribution is 0.563. The zero-order valence-corrected chi connectivity index (χ0v) is 9.78. The van der Waals surface area contributed by atoms with Crippen LogP contribution < -0.4 is 5.63 Å². The molecule has 17 heavy (non-hydrogen) atoms. The molecule has 0 saturated carbocycles. The fraction of sp³-hybridized carbons (Fsp3) is 0.133. The first-order chi connectivity index (χ1) is 8.16. The van der Waals surface area contributed by atoms with E-state index in [0.29, 0.717) is 5.58 Å². The molecule has 0 radical (unpaired) electrons. The van der Waals surface area contributed by atoms with Crippen LogP contribution in [-0.2, 0) is 0 Å². The largest absolute Gasteiger partial charge is 0.422 e. The summed E-state index contributed by atoms with van der Waals surface area (Å²) in [6.45, 7) is 4.01. The van der Waals surface area contributed by atoms with Crippen LogP contribution in [-0.4, -0.2) is 0 Å². The molecule has 0 atom stereocenters. The number of rotatable bonds is 0. The molecule has 0 N–H and O–H groups in total. The van der Waals surface area contributed by atoms with Gasteiger partial charge in [0.05, 0.1) is 0 Å².